The highest BCUT2D eigenvalue weighted by molar-refractivity contribution is 7.80. The summed E-state index contributed by atoms with van der Waals surface area (Å²) in [6.07, 6.45) is 1.00. The Bertz CT molecular complexity index is 359. The molecule has 0 bridgehead atoms. The molecule has 0 amide bonds. The summed E-state index contributed by atoms with van der Waals surface area (Å²) >= 11 is 4.07. The van der Waals surface area contributed by atoms with E-state index in [-0.39, 0.29) is 5.82 Å². The molecule has 4 heteroatoms. The van der Waals surface area contributed by atoms with Gasteiger partial charge in [-0.1, -0.05) is 6.07 Å². The van der Waals surface area contributed by atoms with E-state index in [9.17, 15) is 4.39 Å². The summed E-state index contributed by atoms with van der Waals surface area (Å²) < 4.78 is 18.5. The number of thiol groups is 1. The van der Waals surface area contributed by atoms with Crippen LogP contribution in [0.2, 0.25) is 0 Å². The van der Waals surface area contributed by atoms with Gasteiger partial charge >= 0.3 is 0 Å². The third-order valence-electron chi connectivity index (χ3n) is 2.78. The van der Waals surface area contributed by atoms with Gasteiger partial charge in [0.1, 0.15) is 5.82 Å². The number of rotatable bonds is 5. The normalized spacial score (nSPS) is 14.2. The third-order valence-corrected chi connectivity index (χ3v) is 2.96. The van der Waals surface area contributed by atoms with Gasteiger partial charge in [0.2, 0.25) is 0 Å². The van der Waals surface area contributed by atoms with Crippen molar-refractivity contribution in [3.63, 3.8) is 0 Å². The summed E-state index contributed by atoms with van der Waals surface area (Å²) in [5, 5.41) is 0. The Labute approximate surface area is 101 Å². The van der Waals surface area contributed by atoms with Gasteiger partial charge in [-0.3, -0.25) is 0 Å². The molecule has 0 spiro atoms. The largest absolute Gasteiger partial charge is 0.379 e. The van der Waals surface area contributed by atoms with Crippen LogP contribution in [0.4, 0.5) is 10.1 Å². The van der Waals surface area contributed by atoms with Crippen LogP contribution in [0, 0.1) is 5.82 Å². The van der Waals surface area contributed by atoms with Crippen molar-refractivity contribution in [1.82, 2.24) is 0 Å². The van der Waals surface area contributed by atoms with Crippen molar-refractivity contribution in [3.05, 3.63) is 29.6 Å². The van der Waals surface area contributed by atoms with Gasteiger partial charge in [0.15, 0.2) is 0 Å². The maximum atomic E-state index is 13.1. The second-order valence-corrected chi connectivity index (χ2v) is 4.29. The van der Waals surface area contributed by atoms with Crippen LogP contribution in [0.15, 0.2) is 18.2 Å². The summed E-state index contributed by atoms with van der Waals surface area (Å²) in [6, 6.07) is 5.01. The lowest BCUT2D eigenvalue weighted by Gasteiger charge is -2.19. The predicted molar refractivity (Wildman–Crippen MR) is 67.0 cm³/mol. The smallest absolute Gasteiger partial charge is 0.125 e. The fraction of sp³-hybridized carbons (Fsp3) is 0.500. The Hall–Kier alpha value is -0.740. The molecule has 1 aliphatic rings. The van der Waals surface area contributed by atoms with Crippen LogP contribution in [-0.4, -0.2) is 32.1 Å². The first-order chi connectivity index (χ1) is 7.81. The molecule has 0 fully saturated rings. The van der Waals surface area contributed by atoms with E-state index in [1.165, 1.54) is 11.6 Å². The number of benzene rings is 1. The fourth-order valence-electron chi connectivity index (χ4n) is 1.99. The van der Waals surface area contributed by atoms with Gasteiger partial charge in [-0.25, -0.2) is 4.39 Å². The van der Waals surface area contributed by atoms with Crippen LogP contribution in [0.25, 0.3) is 0 Å². The fourth-order valence-corrected chi connectivity index (χ4v) is 2.12. The first kappa shape index (κ1) is 11.7. The highest BCUT2D eigenvalue weighted by Crippen LogP contribution is 2.28. The number of hydrogen-bond donors (Lipinski definition) is 1. The van der Waals surface area contributed by atoms with Crippen LogP contribution >= 0.6 is 12.6 Å². The lowest BCUT2D eigenvalue weighted by atomic mass is 10.2. The van der Waals surface area contributed by atoms with Crippen LogP contribution in [0.5, 0.6) is 0 Å². The van der Waals surface area contributed by atoms with E-state index < -0.39 is 0 Å². The second kappa shape index (κ2) is 5.55. The SMILES string of the molecule is Fc1ccc2c(c1)N(CCOCCS)CC2. The van der Waals surface area contributed by atoms with E-state index in [2.05, 4.69) is 17.5 Å². The molecule has 0 aliphatic carbocycles. The zero-order valence-electron chi connectivity index (χ0n) is 9.16. The maximum absolute atomic E-state index is 13.1. The molecule has 2 rings (SSSR count). The van der Waals surface area contributed by atoms with E-state index in [4.69, 9.17) is 4.74 Å². The van der Waals surface area contributed by atoms with Crippen LogP contribution in [-0.2, 0) is 11.2 Å². The Morgan fingerprint density at radius 3 is 3.06 bits per heavy atom. The van der Waals surface area contributed by atoms with E-state index in [1.807, 2.05) is 6.07 Å². The highest BCUT2D eigenvalue weighted by atomic mass is 32.1. The lowest BCUT2D eigenvalue weighted by Crippen LogP contribution is -2.25. The maximum Gasteiger partial charge on any atom is 0.125 e. The number of hydrogen-bond acceptors (Lipinski definition) is 3. The van der Waals surface area contributed by atoms with Crippen molar-refractivity contribution in [3.8, 4) is 0 Å². The first-order valence-electron chi connectivity index (χ1n) is 5.53. The molecule has 0 aromatic heterocycles. The van der Waals surface area contributed by atoms with Crippen molar-refractivity contribution in [2.75, 3.05) is 37.0 Å². The van der Waals surface area contributed by atoms with E-state index in [0.717, 1.165) is 31.0 Å². The summed E-state index contributed by atoms with van der Waals surface area (Å²) in [6.45, 7) is 3.14. The summed E-state index contributed by atoms with van der Waals surface area (Å²) in [5.41, 5.74) is 2.25. The Morgan fingerprint density at radius 1 is 1.38 bits per heavy atom. The van der Waals surface area contributed by atoms with Gasteiger partial charge in [-0.2, -0.15) is 12.6 Å². The van der Waals surface area contributed by atoms with Gasteiger partial charge < -0.3 is 9.64 Å². The number of halogens is 1. The molecule has 1 aromatic carbocycles. The quantitative estimate of drug-likeness (QED) is 0.626. The monoisotopic (exact) mass is 241 g/mol. The minimum atomic E-state index is -0.165. The van der Waals surface area contributed by atoms with Crippen LogP contribution in [0.3, 0.4) is 0 Å². The molecule has 0 unspecified atom stereocenters. The van der Waals surface area contributed by atoms with E-state index in [1.54, 1.807) is 6.07 Å². The van der Waals surface area contributed by atoms with Gasteiger partial charge in [0.05, 0.1) is 13.2 Å². The molecule has 16 heavy (non-hydrogen) atoms. The number of anilines is 1. The number of nitrogens with zero attached hydrogens (tertiary/aromatic N) is 1. The van der Waals surface area contributed by atoms with E-state index >= 15 is 0 Å². The molecule has 0 N–H and O–H groups in total. The zero-order valence-corrected chi connectivity index (χ0v) is 10.0. The topological polar surface area (TPSA) is 12.5 Å². The standard InChI is InChI=1S/C12H16FNOS/c13-11-2-1-10-3-4-14(12(10)9-11)5-6-15-7-8-16/h1-2,9,16H,3-8H2. The molecular weight excluding hydrogens is 225 g/mol. The molecule has 0 saturated carbocycles. The average Bonchev–Trinajstić information content (AvgIpc) is 2.67. The molecule has 0 atom stereocenters. The summed E-state index contributed by atoms with van der Waals surface area (Å²) in [4.78, 5) is 2.18. The molecule has 1 heterocycles. The summed E-state index contributed by atoms with van der Waals surface area (Å²) in [7, 11) is 0. The predicted octanol–water partition coefficient (Wildman–Crippen LogP) is 2.13. The van der Waals surface area contributed by atoms with E-state index in [0.29, 0.717) is 13.2 Å². The van der Waals surface area contributed by atoms with Crippen molar-refractivity contribution < 1.29 is 9.13 Å². The van der Waals surface area contributed by atoms with Crippen molar-refractivity contribution in [2.24, 2.45) is 0 Å². The number of fused-ring (bicyclic) bond motifs is 1. The minimum Gasteiger partial charge on any atom is -0.379 e. The van der Waals surface area contributed by atoms with Gasteiger partial charge in [0.25, 0.3) is 0 Å². The second-order valence-electron chi connectivity index (χ2n) is 3.85. The van der Waals surface area contributed by atoms with Crippen LogP contribution in [0.1, 0.15) is 5.56 Å². The molecule has 0 saturated heterocycles. The zero-order chi connectivity index (χ0) is 11.4. The molecule has 1 aromatic rings. The Morgan fingerprint density at radius 2 is 2.25 bits per heavy atom. The first-order valence-corrected chi connectivity index (χ1v) is 6.16. The van der Waals surface area contributed by atoms with Gasteiger partial charge in [-0.15, -0.1) is 0 Å². The Balaban J connectivity index is 1.92. The molecule has 88 valence electrons. The van der Waals surface area contributed by atoms with Gasteiger partial charge in [0, 0.05) is 24.5 Å². The van der Waals surface area contributed by atoms with Crippen molar-refractivity contribution in [1.29, 1.82) is 0 Å². The van der Waals surface area contributed by atoms with Crippen molar-refractivity contribution >= 4 is 18.3 Å². The summed E-state index contributed by atoms with van der Waals surface area (Å²) in [5.74, 6) is 0.576. The Kier molecular flexibility index (Phi) is 4.07. The lowest BCUT2D eigenvalue weighted by molar-refractivity contribution is 0.157. The van der Waals surface area contributed by atoms with Gasteiger partial charge in [-0.05, 0) is 24.1 Å². The van der Waals surface area contributed by atoms with Crippen molar-refractivity contribution in [2.45, 2.75) is 6.42 Å². The minimum absolute atomic E-state index is 0.165. The number of ether oxygens (including phenoxy) is 1. The molecule has 2 nitrogen and oxygen atoms in total. The molecule has 0 radical (unpaired) electrons. The molecular formula is C12H16FNOS. The molecule has 1 aliphatic heterocycles. The van der Waals surface area contributed by atoms with Crippen LogP contribution < -0.4 is 4.90 Å². The average molecular weight is 241 g/mol. The third kappa shape index (κ3) is 2.68. The highest BCUT2D eigenvalue weighted by Gasteiger charge is 2.18.